The average molecular weight is 218 g/mol. The number of aromatic nitrogens is 2. The van der Waals surface area contributed by atoms with Gasteiger partial charge >= 0.3 is 5.92 Å². The van der Waals surface area contributed by atoms with Gasteiger partial charge in [-0.05, 0) is 0 Å². The summed E-state index contributed by atoms with van der Waals surface area (Å²) in [5.74, 6) is -3.48. The van der Waals surface area contributed by atoms with E-state index in [4.69, 9.17) is 9.47 Å². The van der Waals surface area contributed by atoms with Crippen LogP contribution >= 0.6 is 0 Å². The number of alkyl halides is 2. The molecule has 0 unspecified atom stereocenters. The molecule has 0 atom stereocenters. The van der Waals surface area contributed by atoms with Crippen molar-refractivity contribution in [1.82, 2.24) is 9.97 Å². The summed E-state index contributed by atoms with van der Waals surface area (Å²) in [6.45, 7) is 1.38. The number of rotatable bonds is 5. The Balaban J connectivity index is 2.66. The highest BCUT2D eigenvalue weighted by atomic mass is 19.3. The molecule has 1 heterocycles. The molecule has 0 aliphatic rings. The quantitative estimate of drug-likeness (QED) is 0.704. The smallest absolute Gasteiger partial charge is 0.303 e. The maximum Gasteiger partial charge on any atom is 0.303 e. The molecule has 0 N–H and O–H groups in total. The van der Waals surface area contributed by atoms with Crippen LogP contribution in [0.25, 0.3) is 0 Å². The Kier molecular flexibility index (Phi) is 3.90. The number of hydrogen-bond acceptors (Lipinski definition) is 4. The number of hydrogen-bond donors (Lipinski definition) is 0. The lowest BCUT2D eigenvalue weighted by atomic mass is 10.3. The third kappa shape index (κ3) is 3.75. The van der Waals surface area contributed by atoms with Crippen LogP contribution in [0.3, 0.4) is 0 Å². The second-order valence-corrected chi connectivity index (χ2v) is 2.95. The molecule has 15 heavy (non-hydrogen) atoms. The van der Waals surface area contributed by atoms with Gasteiger partial charge in [0, 0.05) is 26.3 Å². The molecule has 0 aliphatic carbocycles. The summed E-state index contributed by atoms with van der Waals surface area (Å²) in [6, 6.07) is 1.42. The largest absolute Gasteiger partial charge is 0.475 e. The Morgan fingerprint density at radius 2 is 2.13 bits per heavy atom. The van der Waals surface area contributed by atoms with Crippen LogP contribution in [0, 0.1) is 0 Å². The van der Waals surface area contributed by atoms with Gasteiger partial charge < -0.3 is 9.47 Å². The lowest BCUT2D eigenvalue weighted by molar-refractivity contribution is 0.00680. The van der Waals surface area contributed by atoms with E-state index in [0.717, 1.165) is 6.92 Å². The van der Waals surface area contributed by atoms with E-state index < -0.39 is 11.7 Å². The van der Waals surface area contributed by atoms with E-state index in [-0.39, 0.29) is 12.5 Å². The SMILES string of the molecule is COCCOc1ccnc(C(C)(F)F)n1. The zero-order valence-electron chi connectivity index (χ0n) is 8.54. The van der Waals surface area contributed by atoms with E-state index in [1.54, 1.807) is 0 Å². The number of nitrogens with zero attached hydrogens (tertiary/aromatic N) is 2. The Morgan fingerprint density at radius 3 is 2.73 bits per heavy atom. The van der Waals surface area contributed by atoms with E-state index in [1.807, 2.05) is 0 Å². The van der Waals surface area contributed by atoms with Crippen molar-refractivity contribution in [2.45, 2.75) is 12.8 Å². The third-order valence-electron chi connectivity index (χ3n) is 1.56. The molecule has 4 nitrogen and oxygen atoms in total. The summed E-state index contributed by atoms with van der Waals surface area (Å²) >= 11 is 0. The predicted molar refractivity (Wildman–Crippen MR) is 49.0 cm³/mol. The van der Waals surface area contributed by atoms with E-state index in [1.165, 1.54) is 19.4 Å². The molecule has 1 rings (SSSR count). The molecule has 0 aliphatic heterocycles. The third-order valence-corrected chi connectivity index (χ3v) is 1.56. The summed E-state index contributed by atoms with van der Waals surface area (Å²) in [4.78, 5) is 7.04. The minimum absolute atomic E-state index is 0.124. The monoisotopic (exact) mass is 218 g/mol. The zero-order valence-corrected chi connectivity index (χ0v) is 8.54. The fraction of sp³-hybridized carbons (Fsp3) is 0.556. The Hall–Kier alpha value is -1.30. The van der Waals surface area contributed by atoms with Crippen molar-refractivity contribution >= 4 is 0 Å². The van der Waals surface area contributed by atoms with E-state index in [9.17, 15) is 8.78 Å². The zero-order chi connectivity index (χ0) is 11.3. The van der Waals surface area contributed by atoms with Gasteiger partial charge in [-0.1, -0.05) is 0 Å². The first-order chi connectivity index (χ1) is 7.04. The molecular formula is C9H12F2N2O2. The van der Waals surface area contributed by atoms with Gasteiger partial charge in [-0.15, -0.1) is 0 Å². The highest BCUT2D eigenvalue weighted by Gasteiger charge is 2.28. The highest BCUT2D eigenvalue weighted by Crippen LogP contribution is 2.24. The standard InChI is InChI=1S/C9H12F2N2O2/c1-9(10,11)8-12-4-3-7(13-8)15-6-5-14-2/h3-4H,5-6H2,1-2H3. The van der Waals surface area contributed by atoms with Crippen molar-refractivity contribution in [3.63, 3.8) is 0 Å². The van der Waals surface area contributed by atoms with Crippen LogP contribution in [0.1, 0.15) is 12.7 Å². The molecule has 0 radical (unpaired) electrons. The molecule has 0 bridgehead atoms. The van der Waals surface area contributed by atoms with Gasteiger partial charge in [-0.25, -0.2) is 4.98 Å². The maximum atomic E-state index is 12.8. The van der Waals surface area contributed by atoms with Gasteiger partial charge in [-0.2, -0.15) is 13.8 Å². The van der Waals surface area contributed by atoms with Crippen LogP contribution in [0.4, 0.5) is 8.78 Å². The lowest BCUT2D eigenvalue weighted by Crippen LogP contribution is -2.14. The van der Waals surface area contributed by atoms with Gasteiger partial charge in [0.1, 0.15) is 6.61 Å². The molecule has 84 valence electrons. The van der Waals surface area contributed by atoms with Crippen molar-refractivity contribution in [2.75, 3.05) is 20.3 Å². The number of methoxy groups -OCH3 is 1. The minimum Gasteiger partial charge on any atom is -0.475 e. The van der Waals surface area contributed by atoms with Gasteiger partial charge in [-0.3, -0.25) is 0 Å². The van der Waals surface area contributed by atoms with Gasteiger partial charge in [0.2, 0.25) is 11.7 Å². The molecule has 0 saturated carbocycles. The van der Waals surface area contributed by atoms with E-state index in [0.29, 0.717) is 6.61 Å². The summed E-state index contributed by atoms with van der Waals surface area (Å²) in [5, 5.41) is 0. The summed E-state index contributed by atoms with van der Waals surface area (Å²) in [7, 11) is 1.52. The topological polar surface area (TPSA) is 44.2 Å². The minimum atomic E-state index is -3.05. The van der Waals surface area contributed by atoms with Gasteiger partial charge in [0.05, 0.1) is 6.61 Å². The second-order valence-electron chi connectivity index (χ2n) is 2.95. The average Bonchev–Trinajstić information content (AvgIpc) is 2.17. The number of ether oxygens (including phenoxy) is 2. The van der Waals surface area contributed by atoms with Crippen molar-refractivity contribution in [2.24, 2.45) is 0 Å². The lowest BCUT2D eigenvalue weighted by Gasteiger charge is -2.09. The van der Waals surface area contributed by atoms with Crippen molar-refractivity contribution in [3.8, 4) is 5.88 Å². The molecule has 6 heteroatoms. The predicted octanol–water partition coefficient (Wildman–Crippen LogP) is 1.61. The first-order valence-corrected chi connectivity index (χ1v) is 4.37. The first-order valence-electron chi connectivity index (χ1n) is 4.37. The maximum absolute atomic E-state index is 12.8. The molecular weight excluding hydrogens is 206 g/mol. The van der Waals surface area contributed by atoms with Crippen LogP contribution in [-0.4, -0.2) is 30.3 Å². The Morgan fingerprint density at radius 1 is 1.40 bits per heavy atom. The van der Waals surface area contributed by atoms with Crippen molar-refractivity contribution < 1.29 is 18.3 Å². The highest BCUT2D eigenvalue weighted by molar-refractivity contribution is 5.10. The van der Waals surface area contributed by atoms with Crippen LogP contribution in [0.2, 0.25) is 0 Å². The van der Waals surface area contributed by atoms with Gasteiger partial charge in [0.25, 0.3) is 0 Å². The second kappa shape index (κ2) is 4.97. The molecule has 1 aromatic rings. The number of halogens is 2. The Labute approximate surface area is 86.3 Å². The molecule has 0 fully saturated rings. The van der Waals surface area contributed by atoms with Crippen LogP contribution in [0.5, 0.6) is 5.88 Å². The summed E-state index contributed by atoms with van der Waals surface area (Å²) in [6.07, 6.45) is 1.24. The molecule has 0 saturated heterocycles. The normalized spacial score (nSPS) is 11.5. The Bertz CT molecular complexity index is 315. The summed E-state index contributed by atoms with van der Waals surface area (Å²) in [5.41, 5.74) is 0. The van der Waals surface area contributed by atoms with Crippen LogP contribution in [-0.2, 0) is 10.7 Å². The van der Waals surface area contributed by atoms with Crippen LogP contribution in [0.15, 0.2) is 12.3 Å². The fourth-order valence-electron chi connectivity index (χ4n) is 0.864. The molecule has 0 amide bonds. The van der Waals surface area contributed by atoms with Crippen molar-refractivity contribution in [3.05, 3.63) is 18.1 Å². The first kappa shape index (κ1) is 11.8. The summed E-state index contributed by atoms with van der Waals surface area (Å²) < 4.78 is 35.5. The van der Waals surface area contributed by atoms with E-state index >= 15 is 0 Å². The molecule has 1 aromatic heterocycles. The van der Waals surface area contributed by atoms with Gasteiger partial charge in [0.15, 0.2) is 0 Å². The molecule has 0 aromatic carbocycles. The van der Waals surface area contributed by atoms with Crippen molar-refractivity contribution in [1.29, 1.82) is 0 Å². The van der Waals surface area contributed by atoms with Crippen LogP contribution < -0.4 is 4.74 Å². The fourth-order valence-corrected chi connectivity index (χ4v) is 0.864. The molecule has 0 spiro atoms. The van der Waals surface area contributed by atoms with E-state index in [2.05, 4.69) is 9.97 Å².